The number of anilines is 1. The highest BCUT2D eigenvalue weighted by Gasteiger charge is 2.30. The number of hydrogen-bond donors (Lipinski definition) is 3. The standard InChI is InChI=1S/C26H22F2N2O5/c27-20-10-5-11-21(28)24(20)30-25(33)22(12-13-23(31)32)29-26(34)35-14-19-17-8-3-1-6-15(17)16-7-2-4-9-18(16)19/h1-11,19,22H,12-14H2,(H,29,34)(H,30,33)(H,31,32). The van der Waals surface area contributed by atoms with Gasteiger partial charge in [-0.3, -0.25) is 9.59 Å². The van der Waals surface area contributed by atoms with Crippen LogP contribution >= 0.6 is 0 Å². The summed E-state index contributed by atoms with van der Waals surface area (Å²) in [6.07, 6.45) is -1.71. The van der Waals surface area contributed by atoms with Gasteiger partial charge in [0.25, 0.3) is 0 Å². The first-order valence-electron chi connectivity index (χ1n) is 10.9. The Labute approximate surface area is 199 Å². The summed E-state index contributed by atoms with van der Waals surface area (Å²) in [5.74, 6) is -4.39. The zero-order chi connectivity index (χ0) is 24.9. The summed E-state index contributed by atoms with van der Waals surface area (Å²) in [5, 5.41) is 13.4. The third-order valence-corrected chi connectivity index (χ3v) is 5.81. The van der Waals surface area contributed by atoms with Gasteiger partial charge in [0.1, 0.15) is 30.0 Å². The number of para-hydroxylation sites is 1. The minimum absolute atomic E-state index is 0.0188. The average Bonchev–Trinajstić information content (AvgIpc) is 3.16. The van der Waals surface area contributed by atoms with Crippen molar-refractivity contribution in [2.24, 2.45) is 0 Å². The summed E-state index contributed by atoms with van der Waals surface area (Å²) in [6.45, 7) is -0.0188. The molecular formula is C26H22F2N2O5. The van der Waals surface area contributed by atoms with Gasteiger partial charge in [-0.05, 0) is 40.8 Å². The summed E-state index contributed by atoms with van der Waals surface area (Å²) in [4.78, 5) is 36.2. The largest absolute Gasteiger partial charge is 0.481 e. The number of alkyl carbamates (subject to hydrolysis) is 1. The molecule has 0 spiro atoms. The van der Waals surface area contributed by atoms with Crippen molar-refractivity contribution in [2.45, 2.75) is 24.8 Å². The van der Waals surface area contributed by atoms with E-state index in [0.29, 0.717) is 0 Å². The van der Waals surface area contributed by atoms with Gasteiger partial charge >= 0.3 is 12.1 Å². The Kier molecular flexibility index (Phi) is 7.05. The Morgan fingerprint density at radius 3 is 2.03 bits per heavy atom. The fraction of sp³-hybridized carbons (Fsp3) is 0.192. The van der Waals surface area contributed by atoms with Crippen LogP contribution in [0.3, 0.4) is 0 Å². The van der Waals surface area contributed by atoms with Gasteiger partial charge in [0.15, 0.2) is 0 Å². The molecule has 4 rings (SSSR count). The molecule has 0 radical (unpaired) electrons. The molecule has 0 saturated carbocycles. The van der Waals surface area contributed by atoms with E-state index in [1.165, 1.54) is 0 Å². The van der Waals surface area contributed by atoms with Crippen LogP contribution in [0.15, 0.2) is 66.7 Å². The van der Waals surface area contributed by atoms with E-state index in [-0.39, 0.29) is 18.9 Å². The second-order valence-electron chi connectivity index (χ2n) is 8.04. The maximum atomic E-state index is 13.9. The van der Waals surface area contributed by atoms with Crippen molar-refractivity contribution in [3.8, 4) is 11.1 Å². The molecule has 0 heterocycles. The minimum Gasteiger partial charge on any atom is -0.481 e. The zero-order valence-corrected chi connectivity index (χ0v) is 18.5. The van der Waals surface area contributed by atoms with Crippen molar-refractivity contribution in [3.63, 3.8) is 0 Å². The molecule has 3 aromatic carbocycles. The van der Waals surface area contributed by atoms with E-state index in [1.54, 1.807) is 0 Å². The number of benzene rings is 3. The van der Waals surface area contributed by atoms with E-state index in [1.807, 2.05) is 48.5 Å². The minimum atomic E-state index is -1.39. The number of amides is 2. The maximum absolute atomic E-state index is 13.9. The number of hydrogen-bond acceptors (Lipinski definition) is 4. The number of aliphatic carboxylic acids is 1. The molecule has 1 unspecified atom stereocenters. The lowest BCUT2D eigenvalue weighted by Gasteiger charge is -2.19. The second-order valence-corrected chi connectivity index (χ2v) is 8.04. The van der Waals surface area contributed by atoms with Crippen LogP contribution in [0, 0.1) is 11.6 Å². The monoisotopic (exact) mass is 480 g/mol. The number of carbonyl (C=O) groups is 3. The Balaban J connectivity index is 1.45. The Morgan fingerprint density at radius 2 is 1.46 bits per heavy atom. The van der Waals surface area contributed by atoms with Gasteiger partial charge in [-0.1, -0.05) is 54.6 Å². The molecule has 35 heavy (non-hydrogen) atoms. The lowest BCUT2D eigenvalue weighted by molar-refractivity contribution is -0.137. The van der Waals surface area contributed by atoms with Gasteiger partial charge in [-0.2, -0.15) is 0 Å². The Hall–Kier alpha value is -4.27. The molecule has 9 heteroatoms. The fourth-order valence-corrected chi connectivity index (χ4v) is 4.15. The fourth-order valence-electron chi connectivity index (χ4n) is 4.15. The number of nitrogens with one attached hydrogen (secondary N) is 2. The van der Waals surface area contributed by atoms with E-state index in [2.05, 4.69) is 10.6 Å². The molecular weight excluding hydrogens is 458 g/mol. The Morgan fingerprint density at radius 1 is 0.886 bits per heavy atom. The lowest BCUT2D eigenvalue weighted by atomic mass is 9.98. The number of ether oxygens (including phenoxy) is 1. The van der Waals surface area contributed by atoms with E-state index in [0.717, 1.165) is 40.5 Å². The smallest absolute Gasteiger partial charge is 0.407 e. The molecule has 1 aliphatic carbocycles. The van der Waals surface area contributed by atoms with Crippen LogP contribution in [0.25, 0.3) is 11.1 Å². The number of halogens is 2. The van der Waals surface area contributed by atoms with E-state index >= 15 is 0 Å². The molecule has 3 N–H and O–H groups in total. The zero-order valence-electron chi connectivity index (χ0n) is 18.5. The van der Waals surface area contributed by atoms with Crippen LogP contribution in [0.4, 0.5) is 19.3 Å². The third-order valence-electron chi connectivity index (χ3n) is 5.81. The third kappa shape index (κ3) is 5.29. The molecule has 0 fully saturated rings. The molecule has 7 nitrogen and oxygen atoms in total. The molecule has 0 aromatic heterocycles. The SMILES string of the molecule is O=C(O)CCC(NC(=O)OCC1c2ccccc2-c2ccccc21)C(=O)Nc1c(F)cccc1F. The topological polar surface area (TPSA) is 105 Å². The number of carbonyl (C=O) groups excluding carboxylic acids is 2. The highest BCUT2D eigenvalue weighted by molar-refractivity contribution is 5.97. The molecule has 1 atom stereocenters. The van der Waals surface area contributed by atoms with Crippen molar-refractivity contribution < 1.29 is 33.0 Å². The first-order chi connectivity index (χ1) is 16.8. The quantitative estimate of drug-likeness (QED) is 0.435. The first kappa shape index (κ1) is 23.9. The molecule has 0 bridgehead atoms. The lowest BCUT2D eigenvalue weighted by Crippen LogP contribution is -2.44. The summed E-state index contributed by atoms with van der Waals surface area (Å²) in [6, 6.07) is 17.2. The van der Waals surface area contributed by atoms with Gasteiger partial charge in [0.05, 0.1) is 0 Å². The molecule has 180 valence electrons. The van der Waals surface area contributed by atoms with Crippen LogP contribution in [0.2, 0.25) is 0 Å². The van der Waals surface area contributed by atoms with Gasteiger partial charge in [-0.15, -0.1) is 0 Å². The first-order valence-corrected chi connectivity index (χ1v) is 10.9. The molecule has 0 saturated heterocycles. The van der Waals surface area contributed by atoms with Crippen LogP contribution in [-0.4, -0.2) is 35.7 Å². The average molecular weight is 480 g/mol. The maximum Gasteiger partial charge on any atom is 0.407 e. The Bertz CT molecular complexity index is 1210. The number of carboxylic acid groups (broad SMARTS) is 1. The molecule has 3 aromatic rings. The normalized spacial score (nSPS) is 12.9. The summed E-state index contributed by atoms with van der Waals surface area (Å²) in [7, 11) is 0. The van der Waals surface area contributed by atoms with E-state index < -0.39 is 47.8 Å². The highest BCUT2D eigenvalue weighted by atomic mass is 19.1. The molecule has 2 amide bonds. The predicted molar refractivity (Wildman–Crippen MR) is 124 cm³/mol. The molecule has 1 aliphatic rings. The summed E-state index contributed by atoms with van der Waals surface area (Å²) < 4.78 is 33.3. The highest BCUT2D eigenvalue weighted by Crippen LogP contribution is 2.44. The van der Waals surface area contributed by atoms with Crippen molar-refractivity contribution in [3.05, 3.63) is 89.5 Å². The van der Waals surface area contributed by atoms with Crippen LogP contribution in [0.1, 0.15) is 29.9 Å². The number of carboxylic acids is 1. The van der Waals surface area contributed by atoms with E-state index in [9.17, 15) is 23.2 Å². The predicted octanol–water partition coefficient (Wildman–Crippen LogP) is 4.68. The number of fused-ring (bicyclic) bond motifs is 3. The van der Waals surface area contributed by atoms with Crippen molar-refractivity contribution in [1.82, 2.24) is 5.32 Å². The van der Waals surface area contributed by atoms with Gasteiger partial charge in [0, 0.05) is 12.3 Å². The van der Waals surface area contributed by atoms with E-state index in [4.69, 9.17) is 9.84 Å². The summed E-state index contributed by atoms with van der Waals surface area (Å²) in [5.41, 5.74) is 3.39. The van der Waals surface area contributed by atoms with Crippen LogP contribution < -0.4 is 10.6 Å². The van der Waals surface area contributed by atoms with Crippen molar-refractivity contribution >= 4 is 23.7 Å². The van der Waals surface area contributed by atoms with Crippen LogP contribution in [-0.2, 0) is 14.3 Å². The van der Waals surface area contributed by atoms with Gasteiger partial charge < -0.3 is 20.5 Å². The summed E-state index contributed by atoms with van der Waals surface area (Å²) >= 11 is 0. The second kappa shape index (κ2) is 10.3. The molecule has 0 aliphatic heterocycles. The van der Waals surface area contributed by atoms with Crippen LogP contribution in [0.5, 0.6) is 0 Å². The van der Waals surface area contributed by atoms with Crippen molar-refractivity contribution in [2.75, 3.05) is 11.9 Å². The number of rotatable bonds is 8. The van der Waals surface area contributed by atoms with Crippen molar-refractivity contribution in [1.29, 1.82) is 0 Å². The van der Waals surface area contributed by atoms with Gasteiger partial charge in [0.2, 0.25) is 5.91 Å². The van der Waals surface area contributed by atoms with Gasteiger partial charge in [-0.25, -0.2) is 13.6 Å².